The number of sulfonamides is 1. The molecule has 158 valence electrons. The summed E-state index contributed by atoms with van der Waals surface area (Å²) >= 11 is 0. The summed E-state index contributed by atoms with van der Waals surface area (Å²) in [6.07, 6.45) is 0. The van der Waals surface area contributed by atoms with E-state index in [1.165, 1.54) is 21.3 Å². The van der Waals surface area contributed by atoms with E-state index in [1.807, 2.05) is 18.2 Å². The zero-order chi connectivity index (χ0) is 21.7. The minimum Gasteiger partial charge on any atom is -0.497 e. The van der Waals surface area contributed by atoms with Gasteiger partial charge in [0.05, 0.1) is 33.6 Å². The van der Waals surface area contributed by atoms with Gasteiger partial charge in [0.1, 0.15) is 16.5 Å². The van der Waals surface area contributed by atoms with Gasteiger partial charge in [0.25, 0.3) is 10.0 Å². The predicted octanol–water partition coefficient (Wildman–Crippen LogP) is 4.25. The van der Waals surface area contributed by atoms with E-state index in [0.717, 1.165) is 22.0 Å². The van der Waals surface area contributed by atoms with E-state index in [-0.39, 0.29) is 18.0 Å². The largest absolute Gasteiger partial charge is 0.497 e. The van der Waals surface area contributed by atoms with E-state index in [4.69, 9.17) is 14.2 Å². The van der Waals surface area contributed by atoms with Gasteiger partial charge in [-0.25, -0.2) is 12.8 Å². The van der Waals surface area contributed by atoms with E-state index >= 15 is 0 Å². The molecule has 0 spiro atoms. The smallest absolute Gasteiger partial charge is 0.267 e. The average molecular weight is 431 g/mol. The van der Waals surface area contributed by atoms with Crippen LogP contribution in [0.5, 0.6) is 17.2 Å². The van der Waals surface area contributed by atoms with Gasteiger partial charge in [0.15, 0.2) is 11.5 Å². The molecule has 8 heteroatoms. The first kappa shape index (κ1) is 21.4. The highest BCUT2D eigenvalue weighted by Crippen LogP contribution is 2.35. The Morgan fingerprint density at radius 3 is 2.00 bits per heavy atom. The molecule has 0 radical (unpaired) electrons. The summed E-state index contributed by atoms with van der Waals surface area (Å²) in [5, 5.41) is 0. The quantitative estimate of drug-likeness (QED) is 0.534. The maximum absolute atomic E-state index is 14.8. The standard InChI is InChI=1S/C22H22FNO5S/c1-27-18-11-9-17(10-12-18)24(15-16-7-5-4-6-8-16)30(25,26)22-14-21(29-3)20(28-2)13-19(22)23/h4-14H,15H2,1-3H3. The second kappa shape index (κ2) is 9.04. The Bertz CT molecular complexity index is 1100. The van der Waals surface area contributed by atoms with Gasteiger partial charge in [-0.1, -0.05) is 30.3 Å². The molecule has 30 heavy (non-hydrogen) atoms. The maximum Gasteiger partial charge on any atom is 0.267 e. The van der Waals surface area contributed by atoms with Gasteiger partial charge < -0.3 is 14.2 Å². The number of nitrogens with zero attached hydrogens (tertiary/aromatic N) is 1. The van der Waals surface area contributed by atoms with Crippen molar-refractivity contribution in [1.82, 2.24) is 0 Å². The lowest BCUT2D eigenvalue weighted by atomic mass is 10.2. The molecule has 0 bridgehead atoms. The van der Waals surface area contributed by atoms with Crippen LogP contribution in [0, 0.1) is 5.82 Å². The molecule has 0 aromatic heterocycles. The van der Waals surface area contributed by atoms with Gasteiger partial charge in [0.2, 0.25) is 0 Å². The second-order valence-electron chi connectivity index (χ2n) is 6.33. The number of anilines is 1. The van der Waals surface area contributed by atoms with Crippen LogP contribution in [0.4, 0.5) is 10.1 Å². The Labute approximate surface area is 175 Å². The minimum absolute atomic E-state index is 0.0171. The van der Waals surface area contributed by atoms with Gasteiger partial charge >= 0.3 is 0 Å². The number of hydrogen-bond acceptors (Lipinski definition) is 5. The molecular weight excluding hydrogens is 409 g/mol. The fraction of sp³-hybridized carbons (Fsp3) is 0.182. The van der Waals surface area contributed by atoms with Gasteiger partial charge in [-0.3, -0.25) is 4.31 Å². The summed E-state index contributed by atoms with van der Waals surface area (Å²) in [6.45, 7) is 0.0171. The van der Waals surface area contributed by atoms with Crippen molar-refractivity contribution < 1.29 is 27.0 Å². The number of halogens is 1. The lowest BCUT2D eigenvalue weighted by molar-refractivity contribution is 0.350. The van der Waals surface area contributed by atoms with Crippen LogP contribution in [0.1, 0.15) is 5.56 Å². The Balaban J connectivity index is 2.14. The summed E-state index contributed by atoms with van der Waals surface area (Å²) in [6, 6.07) is 17.7. The van der Waals surface area contributed by atoms with Crippen molar-refractivity contribution in [3.8, 4) is 17.2 Å². The van der Waals surface area contributed by atoms with Crippen molar-refractivity contribution in [3.63, 3.8) is 0 Å². The average Bonchev–Trinajstić information content (AvgIpc) is 2.77. The fourth-order valence-electron chi connectivity index (χ4n) is 2.96. The number of methoxy groups -OCH3 is 3. The molecule has 0 saturated heterocycles. The number of hydrogen-bond donors (Lipinski definition) is 0. The molecule has 0 aliphatic carbocycles. The van der Waals surface area contributed by atoms with Crippen LogP contribution in [-0.2, 0) is 16.6 Å². The van der Waals surface area contributed by atoms with Crippen molar-refractivity contribution in [2.24, 2.45) is 0 Å². The Morgan fingerprint density at radius 2 is 1.43 bits per heavy atom. The molecule has 0 amide bonds. The van der Waals surface area contributed by atoms with Crippen LogP contribution >= 0.6 is 0 Å². The van der Waals surface area contributed by atoms with E-state index in [9.17, 15) is 12.8 Å². The molecule has 0 heterocycles. The predicted molar refractivity (Wildman–Crippen MR) is 112 cm³/mol. The van der Waals surface area contributed by atoms with Gasteiger partial charge in [-0.15, -0.1) is 0 Å². The molecule has 0 aliphatic heterocycles. The molecule has 0 atom stereocenters. The zero-order valence-electron chi connectivity index (χ0n) is 16.8. The lowest BCUT2D eigenvalue weighted by Crippen LogP contribution is -2.31. The first-order chi connectivity index (χ1) is 14.4. The number of ether oxygens (including phenoxy) is 3. The first-order valence-corrected chi connectivity index (χ1v) is 10.5. The molecule has 3 aromatic rings. The van der Waals surface area contributed by atoms with Crippen LogP contribution in [0.3, 0.4) is 0 Å². The lowest BCUT2D eigenvalue weighted by Gasteiger charge is -2.25. The van der Waals surface area contributed by atoms with E-state index in [0.29, 0.717) is 11.4 Å². The minimum atomic E-state index is -4.28. The fourth-order valence-corrected chi connectivity index (χ4v) is 4.48. The van der Waals surface area contributed by atoms with Crippen molar-refractivity contribution >= 4 is 15.7 Å². The van der Waals surface area contributed by atoms with Gasteiger partial charge in [-0.05, 0) is 29.8 Å². The molecule has 0 aliphatic rings. The summed E-state index contributed by atoms with van der Waals surface area (Å²) in [7, 11) is -0.0476. The maximum atomic E-state index is 14.8. The van der Waals surface area contributed by atoms with E-state index in [1.54, 1.807) is 36.4 Å². The number of rotatable bonds is 8. The van der Waals surface area contributed by atoms with Gasteiger partial charge in [0, 0.05) is 12.1 Å². The molecule has 0 N–H and O–H groups in total. The van der Waals surface area contributed by atoms with Crippen LogP contribution in [0.25, 0.3) is 0 Å². The highest BCUT2D eigenvalue weighted by Gasteiger charge is 2.30. The molecule has 3 rings (SSSR count). The topological polar surface area (TPSA) is 65.1 Å². The molecule has 0 saturated carbocycles. The second-order valence-corrected chi connectivity index (χ2v) is 8.16. The zero-order valence-corrected chi connectivity index (χ0v) is 17.6. The summed E-state index contributed by atoms with van der Waals surface area (Å²) in [5.41, 5.74) is 1.12. The Kier molecular flexibility index (Phi) is 6.47. The van der Waals surface area contributed by atoms with Crippen molar-refractivity contribution in [3.05, 3.63) is 78.1 Å². The molecular formula is C22H22FNO5S. The first-order valence-electron chi connectivity index (χ1n) is 9.03. The highest BCUT2D eigenvalue weighted by atomic mass is 32.2. The normalized spacial score (nSPS) is 11.1. The highest BCUT2D eigenvalue weighted by molar-refractivity contribution is 7.92. The van der Waals surface area contributed by atoms with Crippen molar-refractivity contribution in [2.45, 2.75) is 11.4 Å². The monoisotopic (exact) mass is 431 g/mol. The van der Waals surface area contributed by atoms with E-state index in [2.05, 4.69) is 0 Å². The third kappa shape index (κ3) is 4.33. The Morgan fingerprint density at radius 1 is 0.833 bits per heavy atom. The summed E-state index contributed by atoms with van der Waals surface area (Å²) in [4.78, 5) is -0.508. The van der Waals surface area contributed by atoms with Crippen LogP contribution in [0.2, 0.25) is 0 Å². The van der Waals surface area contributed by atoms with Crippen molar-refractivity contribution in [1.29, 1.82) is 0 Å². The molecule has 0 unspecified atom stereocenters. The van der Waals surface area contributed by atoms with E-state index < -0.39 is 20.7 Å². The molecule has 3 aromatic carbocycles. The summed E-state index contributed by atoms with van der Waals surface area (Å²) in [5.74, 6) is -0.132. The Hall–Kier alpha value is -3.26. The van der Waals surface area contributed by atoms with Gasteiger partial charge in [-0.2, -0.15) is 0 Å². The van der Waals surface area contributed by atoms with Crippen LogP contribution in [-0.4, -0.2) is 29.7 Å². The summed E-state index contributed by atoms with van der Waals surface area (Å²) < 4.78 is 58.4. The SMILES string of the molecule is COc1ccc(N(Cc2ccccc2)S(=O)(=O)c2cc(OC)c(OC)cc2F)cc1. The number of benzene rings is 3. The molecule has 0 fully saturated rings. The van der Waals surface area contributed by atoms with Crippen LogP contribution in [0.15, 0.2) is 71.6 Å². The van der Waals surface area contributed by atoms with Crippen molar-refractivity contribution in [2.75, 3.05) is 25.6 Å². The molecule has 6 nitrogen and oxygen atoms in total. The third-order valence-electron chi connectivity index (χ3n) is 4.54. The van der Waals surface area contributed by atoms with Crippen LogP contribution < -0.4 is 18.5 Å². The third-order valence-corrected chi connectivity index (χ3v) is 6.32.